The van der Waals surface area contributed by atoms with Crippen molar-refractivity contribution in [3.05, 3.63) is 24.0 Å². The first-order valence-corrected chi connectivity index (χ1v) is 6.86. The number of sulfonamides is 1. The van der Waals surface area contributed by atoms with E-state index in [2.05, 4.69) is 14.4 Å². The molecule has 2 heterocycles. The van der Waals surface area contributed by atoms with Gasteiger partial charge in [0.1, 0.15) is 5.69 Å². The summed E-state index contributed by atoms with van der Waals surface area (Å²) < 4.78 is 71.5. The van der Waals surface area contributed by atoms with Crippen molar-refractivity contribution in [3.63, 3.8) is 0 Å². The Labute approximate surface area is 111 Å². The third-order valence-corrected chi connectivity index (χ3v) is 3.64. The van der Waals surface area contributed by atoms with Crippen molar-refractivity contribution in [3.8, 4) is 11.5 Å². The van der Waals surface area contributed by atoms with Crippen LogP contribution in [0.2, 0.25) is 0 Å². The molecule has 0 radical (unpaired) electrons. The molecule has 110 valence electrons. The van der Waals surface area contributed by atoms with E-state index in [1.54, 1.807) is 6.92 Å². The van der Waals surface area contributed by atoms with Crippen LogP contribution >= 0.6 is 0 Å². The maximum atomic E-state index is 12.3. The summed E-state index contributed by atoms with van der Waals surface area (Å²) in [6, 6.07) is 2.94. The minimum absolute atomic E-state index is 0.138. The van der Waals surface area contributed by atoms with E-state index in [-0.39, 0.29) is 18.0 Å². The van der Waals surface area contributed by atoms with Gasteiger partial charge in [0, 0.05) is 12.6 Å². The Kier molecular flexibility index (Phi) is 3.61. The molecule has 0 aromatic carbocycles. The number of alkyl halides is 3. The van der Waals surface area contributed by atoms with Gasteiger partial charge in [-0.15, -0.1) is 0 Å². The summed E-state index contributed by atoms with van der Waals surface area (Å²) >= 11 is 0. The van der Waals surface area contributed by atoms with Crippen LogP contribution in [-0.4, -0.2) is 20.1 Å². The molecule has 0 saturated heterocycles. The Hall–Kier alpha value is -1.81. The number of hydrogen-bond donors (Lipinski definition) is 1. The van der Waals surface area contributed by atoms with Crippen LogP contribution in [0, 0.1) is 0 Å². The summed E-state index contributed by atoms with van der Waals surface area (Å²) in [5.74, 6) is -1.43. The monoisotopic (exact) mass is 310 g/mol. The first-order valence-electron chi connectivity index (χ1n) is 5.38. The lowest BCUT2D eigenvalue weighted by Gasteiger charge is -1.99. The van der Waals surface area contributed by atoms with Crippen molar-refractivity contribution in [2.24, 2.45) is 0 Å². The largest absolute Gasteiger partial charge is 0.452 e. The number of nitrogens with one attached hydrogen (secondary N) is 1. The van der Waals surface area contributed by atoms with Crippen molar-refractivity contribution in [1.82, 2.24) is 9.88 Å². The van der Waals surface area contributed by atoms with Gasteiger partial charge < -0.3 is 8.94 Å². The second-order valence-corrected chi connectivity index (χ2v) is 5.39. The molecule has 0 unspecified atom stereocenters. The lowest BCUT2D eigenvalue weighted by Crippen LogP contribution is -2.22. The van der Waals surface area contributed by atoms with Gasteiger partial charge in [-0.25, -0.2) is 13.1 Å². The zero-order valence-corrected chi connectivity index (χ0v) is 10.9. The van der Waals surface area contributed by atoms with Gasteiger partial charge in [0.05, 0.1) is 0 Å². The SMILES string of the molecule is CCNS(=O)(=O)c1ccc(-c2cc(C(F)(F)F)on2)o1. The first-order chi connectivity index (χ1) is 9.24. The summed E-state index contributed by atoms with van der Waals surface area (Å²) in [5, 5.41) is 2.78. The lowest BCUT2D eigenvalue weighted by atomic mass is 10.3. The molecule has 2 rings (SSSR count). The fraction of sp³-hybridized carbons (Fsp3) is 0.300. The normalized spacial score (nSPS) is 12.8. The van der Waals surface area contributed by atoms with E-state index in [4.69, 9.17) is 4.42 Å². The van der Waals surface area contributed by atoms with Crippen LogP contribution in [0.3, 0.4) is 0 Å². The van der Waals surface area contributed by atoms with Gasteiger partial charge in [0.15, 0.2) is 5.76 Å². The molecule has 0 aliphatic heterocycles. The summed E-state index contributed by atoms with van der Waals surface area (Å²) in [6.45, 7) is 1.73. The molecule has 1 N–H and O–H groups in total. The summed E-state index contributed by atoms with van der Waals surface area (Å²) in [6.07, 6.45) is -4.67. The minimum Gasteiger partial charge on any atom is -0.441 e. The second kappa shape index (κ2) is 4.94. The Morgan fingerprint density at radius 2 is 2.05 bits per heavy atom. The van der Waals surface area contributed by atoms with Gasteiger partial charge >= 0.3 is 6.18 Å². The molecule has 0 bridgehead atoms. The van der Waals surface area contributed by atoms with Gasteiger partial charge in [0.25, 0.3) is 10.0 Å². The van der Waals surface area contributed by atoms with E-state index < -0.39 is 27.1 Å². The molecule has 2 aromatic heterocycles. The van der Waals surface area contributed by atoms with Crippen molar-refractivity contribution in [2.45, 2.75) is 18.2 Å². The summed E-state index contributed by atoms with van der Waals surface area (Å²) in [4.78, 5) is 0. The highest BCUT2D eigenvalue weighted by atomic mass is 32.2. The highest BCUT2D eigenvalue weighted by Crippen LogP contribution is 2.32. The Morgan fingerprint density at radius 3 is 2.60 bits per heavy atom. The minimum atomic E-state index is -4.67. The zero-order valence-electron chi connectivity index (χ0n) is 10.1. The van der Waals surface area contributed by atoms with Crippen LogP contribution in [0.15, 0.2) is 32.2 Å². The fourth-order valence-electron chi connectivity index (χ4n) is 1.39. The van der Waals surface area contributed by atoms with Crippen LogP contribution in [0.5, 0.6) is 0 Å². The predicted molar refractivity (Wildman–Crippen MR) is 60.1 cm³/mol. The molecule has 0 aliphatic rings. The number of furan rings is 1. The molecular weight excluding hydrogens is 301 g/mol. The summed E-state index contributed by atoms with van der Waals surface area (Å²) in [5.41, 5.74) is -0.240. The highest BCUT2D eigenvalue weighted by Gasteiger charge is 2.36. The van der Waals surface area contributed by atoms with Gasteiger partial charge in [-0.05, 0) is 12.1 Å². The van der Waals surface area contributed by atoms with E-state index in [1.807, 2.05) is 0 Å². The van der Waals surface area contributed by atoms with E-state index in [9.17, 15) is 21.6 Å². The van der Waals surface area contributed by atoms with Gasteiger partial charge in [0.2, 0.25) is 10.9 Å². The van der Waals surface area contributed by atoms with Gasteiger partial charge in [-0.2, -0.15) is 13.2 Å². The third-order valence-electron chi connectivity index (χ3n) is 2.22. The Bertz CT molecular complexity index is 702. The molecule has 0 fully saturated rings. The Morgan fingerprint density at radius 1 is 1.35 bits per heavy atom. The quantitative estimate of drug-likeness (QED) is 0.936. The molecule has 0 amide bonds. The molecular formula is C10H9F3N2O4S. The van der Waals surface area contributed by atoms with E-state index in [0.29, 0.717) is 6.07 Å². The number of rotatable bonds is 4. The summed E-state index contributed by atoms with van der Waals surface area (Å²) in [7, 11) is -3.82. The van der Waals surface area contributed by atoms with Crippen molar-refractivity contribution in [2.75, 3.05) is 6.54 Å². The molecule has 0 saturated carbocycles. The second-order valence-electron chi connectivity index (χ2n) is 3.69. The molecule has 10 heteroatoms. The average Bonchev–Trinajstić information content (AvgIpc) is 2.97. The number of hydrogen-bond acceptors (Lipinski definition) is 5. The maximum Gasteiger partial charge on any atom is 0.452 e. The van der Waals surface area contributed by atoms with Crippen LogP contribution < -0.4 is 4.72 Å². The van der Waals surface area contributed by atoms with Crippen LogP contribution in [0.25, 0.3) is 11.5 Å². The zero-order chi connectivity index (χ0) is 15.0. The van der Waals surface area contributed by atoms with Crippen molar-refractivity contribution >= 4 is 10.0 Å². The third kappa shape index (κ3) is 2.85. The molecule has 20 heavy (non-hydrogen) atoms. The van der Waals surface area contributed by atoms with Crippen LogP contribution in [0.1, 0.15) is 12.7 Å². The number of halogens is 3. The molecule has 0 spiro atoms. The molecule has 0 atom stereocenters. The van der Waals surface area contributed by atoms with E-state index >= 15 is 0 Å². The van der Waals surface area contributed by atoms with Crippen LogP contribution in [0.4, 0.5) is 13.2 Å². The predicted octanol–water partition coefficient (Wildman–Crippen LogP) is 2.25. The van der Waals surface area contributed by atoms with Crippen molar-refractivity contribution < 1.29 is 30.5 Å². The van der Waals surface area contributed by atoms with Gasteiger partial charge in [-0.3, -0.25) is 0 Å². The molecule has 6 nitrogen and oxygen atoms in total. The van der Waals surface area contributed by atoms with Gasteiger partial charge in [-0.1, -0.05) is 12.1 Å². The first kappa shape index (κ1) is 14.6. The fourth-order valence-corrected chi connectivity index (χ4v) is 2.36. The Balaban J connectivity index is 2.32. The lowest BCUT2D eigenvalue weighted by molar-refractivity contribution is -0.155. The van der Waals surface area contributed by atoms with Crippen molar-refractivity contribution in [1.29, 1.82) is 0 Å². The average molecular weight is 310 g/mol. The topological polar surface area (TPSA) is 85.3 Å². The van der Waals surface area contributed by atoms with E-state index in [0.717, 1.165) is 6.07 Å². The standard InChI is InChI=1S/C10H9F3N2O4S/c1-2-14-20(16,17)9-4-3-7(18-9)6-5-8(19-15-6)10(11,12)13/h3-5,14H,2H2,1H3. The van der Waals surface area contributed by atoms with E-state index in [1.165, 1.54) is 6.07 Å². The molecule has 2 aromatic rings. The smallest absolute Gasteiger partial charge is 0.441 e. The highest BCUT2D eigenvalue weighted by molar-refractivity contribution is 7.89. The maximum absolute atomic E-state index is 12.3. The molecule has 0 aliphatic carbocycles. The number of aromatic nitrogens is 1. The number of nitrogens with zero attached hydrogens (tertiary/aromatic N) is 1. The van der Waals surface area contributed by atoms with Crippen LogP contribution in [-0.2, 0) is 16.2 Å².